The molecule has 0 radical (unpaired) electrons. The maximum absolute atomic E-state index is 15.5. The van der Waals surface area contributed by atoms with Crippen molar-refractivity contribution in [2.24, 2.45) is 47.3 Å². The van der Waals surface area contributed by atoms with Crippen LogP contribution in [-0.4, -0.2) is 267 Å². The fourth-order valence-electron chi connectivity index (χ4n) is 19.0. The molecule has 6 N–H and O–H groups in total. The molecule has 2 aliphatic heterocycles. The van der Waals surface area contributed by atoms with E-state index in [9.17, 15) is 39.0 Å². The van der Waals surface area contributed by atoms with Crippen molar-refractivity contribution in [2.45, 2.75) is 266 Å². The van der Waals surface area contributed by atoms with Crippen molar-refractivity contribution in [3.05, 3.63) is 131 Å². The normalized spacial score (nSPS) is 18.4. The SMILES string of the molecule is CCC(C)[C@@H]([C@@H](CC(=O)N1CCC[C@H]1[C@H](OC)[C@@H](C)C(=O)NC(Cc1ccccc1)C(=O)O)OC)N(C)C(=O)[C@@H](NC(=O)[C@H](C(C)C)[N+](C)(C)Cc1ccc(OCc2ccc(OI)cc2)c(C[N+](C)(C)[C@H](C(=O)N[C@H](C(=O)N(C)[C@@H](C(C)CC)[C@@H](CC(=O)N2CCC[C@H]2[C@H](OC)[C@@H](C)C(=O)NC(Cc2ccccc2)C(=O)O)OC)C(C)C)C(C)C)c1)C(C)C. The third kappa shape index (κ3) is 27.8. The van der Waals surface area contributed by atoms with Crippen molar-refractivity contribution >= 4 is 82.2 Å². The molecule has 4 aromatic rings. The zero-order valence-corrected chi connectivity index (χ0v) is 80.3. The smallest absolute Gasteiger partial charge is 0.326 e. The van der Waals surface area contributed by atoms with Crippen molar-refractivity contribution in [1.82, 2.24) is 40.9 Å². The second-order valence-electron chi connectivity index (χ2n) is 37.0. The van der Waals surface area contributed by atoms with E-state index in [1.807, 2.05) is 183 Å². The summed E-state index contributed by atoms with van der Waals surface area (Å²) in [6.45, 7) is 28.5. The van der Waals surface area contributed by atoms with E-state index in [1.54, 1.807) is 96.1 Å². The highest BCUT2D eigenvalue weighted by atomic mass is 127. The van der Waals surface area contributed by atoms with Gasteiger partial charge in [-0.1, -0.05) is 183 Å². The summed E-state index contributed by atoms with van der Waals surface area (Å²) in [5.41, 5.74) is 4.05. The van der Waals surface area contributed by atoms with E-state index >= 15 is 19.2 Å². The van der Waals surface area contributed by atoms with Crippen LogP contribution in [-0.2, 0) is 99.4 Å². The van der Waals surface area contributed by atoms with E-state index in [-0.39, 0.29) is 113 Å². The van der Waals surface area contributed by atoms with Gasteiger partial charge in [-0.3, -0.25) is 38.4 Å². The summed E-state index contributed by atoms with van der Waals surface area (Å²) >= 11 is 1.84. The number of carbonyl (C=O) groups is 10. The number of hydrogen-bond donors (Lipinski definition) is 6. The number of methoxy groups -OCH3 is 4. The molecule has 690 valence electrons. The fraction of sp³-hybridized carbons (Fsp3) is 0.642. The van der Waals surface area contributed by atoms with E-state index < -0.39 is 126 Å². The number of hydrogen-bond acceptors (Lipinski definition) is 16. The highest BCUT2D eigenvalue weighted by molar-refractivity contribution is 14.1. The lowest BCUT2D eigenvalue weighted by Crippen LogP contribution is -2.63. The van der Waals surface area contributed by atoms with E-state index in [4.69, 9.17) is 26.8 Å². The van der Waals surface area contributed by atoms with Gasteiger partial charge in [0, 0.05) is 91.4 Å². The minimum absolute atomic E-state index is 0.0805. The Kier molecular flexibility index (Phi) is 40.9. The zero-order chi connectivity index (χ0) is 92.5. The maximum Gasteiger partial charge on any atom is 0.326 e. The minimum atomic E-state index is -1.19. The number of halogens is 1. The Labute approximate surface area is 751 Å². The Morgan fingerprint density at radius 3 is 1.20 bits per heavy atom. The van der Waals surface area contributed by atoms with Gasteiger partial charge in [-0.2, -0.15) is 0 Å². The van der Waals surface area contributed by atoms with Gasteiger partial charge in [-0.05, 0) is 96.4 Å². The number of rotatable bonds is 50. The number of quaternary nitrogens is 2. The van der Waals surface area contributed by atoms with Crippen LogP contribution in [0.1, 0.15) is 176 Å². The summed E-state index contributed by atoms with van der Waals surface area (Å²) in [5, 5.41) is 32.2. The van der Waals surface area contributed by atoms with Gasteiger partial charge in [0.15, 0.2) is 35.1 Å². The highest BCUT2D eigenvalue weighted by Gasteiger charge is 2.49. The van der Waals surface area contributed by atoms with Crippen LogP contribution < -0.4 is 29.1 Å². The number of carboxylic acids is 2. The van der Waals surface area contributed by atoms with Crippen LogP contribution in [0.15, 0.2) is 103 Å². The molecule has 0 spiro atoms. The topological polar surface area (TPSA) is 328 Å². The van der Waals surface area contributed by atoms with Gasteiger partial charge in [0.25, 0.3) is 11.8 Å². The Hall–Kier alpha value is -8.33. The number of likely N-dealkylation sites (N-methyl/N-ethyl adjacent to an activating group) is 4. The summed E-state index contributed by atoms with van der Waals surface area (Å²) in [7, 11) is 17.4. The van der Waals surface area contributed by atoms with Crippen molar-refractivity contribution in [1.29, 1.82) is 0 Å². The summed E-state index contributed by atoms with van der Waals surface area (Å²) in [6.07, 6.45) is 0.406. The van der Waals surface area contributed by atoms with Gasteiger partial charge >= 0.3 is 11.9 Å². The molecule has 2 heterocycles. The molecule has 28 nitrogen and oxygen atoms in total. The van der Waals surface area contributed by atoms with Crippen molar-refractivity contribution in [2.75, 3.05) is 83.8 Å². The molecule has 0 bridgehead atoms. The van der Waals surface area contributed by atoms with Crippen LogP contribution in [0.25, 0.3) is 0 Å². The third-order valence-corrected chi connectivity index (χ3v) is 26.3. The third-order valence-electron chi connectivity index (χ3n) is 25.8. The van der Waals surface area contributed by atoms with Crippen molar-refractivity contribution in [3.63, 3.8) is 0 Å². The number of carbonyl (C=O) groups excluding carboxylic acids is 8. The molecule has 0 saturated carbocycles. The number of benzene rings is 4. The molecule has 2 saturated heterocycles. The molecule has 2 aliphatic rings. The largest absolute Gasteiger partial charge is 0.488 e. The summed E-state index contributed by atoms with van der Waals surface area (Å²) in [6, 6.07) is 23.6. The van der Waals surface area contributed by atoms with Gasteiger partial charge < -0.3 is 86.8 Å². The Morgan fingerprint density at radius 2 is 0.863 bits per heavy atom. The van der Waals surface area contributed by atoms with Gasteiger partial charge in [0.05, 0.1) is 101 Å². The molecular weight excluding hydrogens is 1700 g/mol. The van der Waals surface area contributed by atoms with Gasteiger partial charge in [-0.25, -0.2) is 9.59 Å². The number of nitrogens with zero attached hydrogens (tertiary/aromatic N) is 6. The molecule has 0 aliphatic carbocycles. The lowest BCUT2D eigenvalue weighted by Gasteiger charge is -2.42. The van der Waals surface area contributed by atoms with Crippen LogP contribution >= 0.6 is 23.0 Å². The second-order valence-corrected chi connectivity index (χ2v) is 37.5. The first-order chi connectivity index (χ1) is 58.5. The van der Waals surface area contributed by atoms with Crippen LogP contribution in [0.4, 0.5) is 0 Å². The molecule has 18 atom stereocenters. The van der Waals surface area contributed by atoms with Crippen LogP contribution in [0.3, 0.4) is 0 Å². The lowest BCUT2D eigenvalue weighted by molar-refractivity contribution is -0.922. The first-order valence-corrected chi connectivity index (χ1v) is 45.1. The van der Waals surface area contributed by atoms with Crippen LogP contribution in [0.5, 0.6) is 11.5 Å². The molecule has 29 heteroatoms. The minimum Gasteiger partial charge on any atom is -0.488 e. The van der Waals surface area contributed by atoms with Crippen molar-refractivity contribution in [3.8, 4) is 11.5 Å². The van der Waals surface area contributed by atoms with Gasteiger partial charge in [0.1, 0.15) is 55.4 Å². The number of ether oxygens (including phenoxy) is 5. The summed E-state index contributed by atoms with van der Waals surface area (Å²) in [5.74, 6) is -7.31. The average molecular weight is 1840 g/mol. The summed E-state index contributed by atoms with van der Waals surface area (Å²) < 4.78 is 36.9. The molecule has 4 unspecified atom stereocenters. The van der Waals surface area contributed by atoms with Crippen molar-refractivity contribution < 1.29 is 93.9 Å². The van der Waals surface area contributed by atoms with Crippen LogP contribution in [0.2, 0.25) is 0 Å². The predicted octanol–water partition coefficient (Wildman–Crippen LogP) is 10.9. The predicted molar refractivity (Wildman–Crippen MR) is 486 cm³/mol. The fourth-order valence-corrected chi connectivity index (χ4v) is 19.3. The number of amides is 8. The van der Waals surface area contributed by atoms with Crippen LogP contribution in [0, 0.1) is 47.3 Å². The van der Waals surface area contributed by atoms with Gasteiger partial charge in [0.2, 0.25) is 35.4 Å². The maximum atomic E-state index is 15.5. The van der Waals surface area contributed by atoms with E-state index in [2.05, 4.69) is 27.3 Å². The molecule has 0 aromatic heterocycles. The molecular formula is C95H147IN10O18+2. The first kappa shape index (κ1) is 104. The monoisotopic (exact) mass is 1840 g/mol. The molecule has 2 fully saturated rings. The number of aliphatic carboxylic acids is 2. The number of nitrogens with one attached hydrogen (secondary N) is 4. The Bertz CT molecular complexity index is 4120. The standard InChI is InChI=1S/C95H145IN10O18/c1-25-61(11)82(76(119-21)52-78(107)103-47-33-39-73(103)86(121-23)63(13)88(109)97-71(94(115)116)50-65-35-29-27-30-36-65)101(15)92(113)80(57(3)4)99-90(111)84(59(7)8)105(17,18)54-68-43-46-75(123-56-67-41-44-70(124-96)45-42-67)69(49-68)55-106(19,20)85(60(9)10)91(112)100-81(58(5)6)93(114)102(16)83(62(12)26-2)77(120-22)53-79(108)104-48-34-40-74(104)87(122-24)64(14)89(110)98-72(95(117)118)51-66-37-31-28-32-38-66/h27-32,35-38,41-46,49,57-64,71-74,76-77,80-87H,25-26,33-34,39-40,47-48,50-56H2,1-24H3,(H4-2,97,98,99,100,109,110,111,112,115,116,117,118)/p+2/t61?,62?,63-,64-,71?,72?,73+,74+,76-,77-,80+,81+,82+,83+,84+,85+,86-,87-/m1/s1. The Morgan fingerprint density at radius 1 is 0.484 bits per heavy atom. The molecule has 124 heavy (non-hydrogen) atoms. The summed E-state index contributed by atoms with van der Waals surface area (Å²) in [4.78, 5) is 151. The quantitative estimate of drug-likeness (QED) is 0.0177. The number of carboxylic acid groups (broad SMARTS) is 2. The highest BCUT2D eigenvalue weighted by Crippen LogP contribution is 2.36. The zero-order valence-electron chi connectivity index (χ0n) is 78.1. The molecule has 4 aromatic carbocycles. The second kappa shape index (κ2) is 48.6. The first-order valence-electron chi connectivity index (χ1n) is 44.2. The number of likely N-dealkylation sites (tertiary alicyclic amines) is 2. The molecule has 8 amide bonds. The van der Waals surface area contributed by atoms with E-state index in [1.165, 1.54) is 28.4 Å². The Balaban J connectivity index is 1.22. The molecule has 6 rings (SSSR count). The van der Waals surface area contributed by atoms with E-state index in [0.717, 1.165) is 27.8 Å². The average Bonchev–Trinajstić information content (AvgIpc) is 0.824. The lowest BCUT2D eigenvalue weighted by atomic mass is 9.89. The van der Waals surface area contributed by atoms with E-state index in [0.29, 0.717) is 69.7 Å². The van der Waals surface area contributed by atoms with Gasteiger partial charge in [-0.15, -0.1) is 0 Å².